The van der Waals surface area contributed by atoms with Crippen LogP contribution in [0.4, 0.5) is 5.82 Å². The van der Waals surface area contributed by atoms with Gasteiger partial charge in [-0.25, -0.2) is 4.98 Å². The number of carbonyl (C=O) groups is 1. The number of carbonyl (C=O) groups excluding carboxylic acids is 1. The molecule has 106 valence electrons. The molecule has 1 heterocycles. The Kier molecular flexibility index (Phi) is 5.04. The molecule has 1 N–H and O–H groups in total. The number of nitrogens with zero attached hydrogens (tertiary/aromatic N) is 1. The van der Waals surface area contributed by atoms with E-state index in [4.69, 9.17) is 27.9 Å². The second-order valence-corrected chi connectivity index (χ2v) is 5.99. The number of esters is 1. The molecule has 0 saturated heterocycles. The highest BCUT2D eigenvalue weighted by Gasteiger charge is 2.17. The number of halogens is 2. The minimum atomic E-state index is -0.512. The van der Waals surface area contributed by atoms with Crippen LogP contribution < -0.4 is 5.32 Å². The molecule has 6 heteroatoms. The summed E-state index contributed by atoms with van der Waals surface area (Å²) >= 11 is 12.2. The number of nitrogens with one attached hydrogen (secondary N) is 1. The minimum Gasteiger partial charge on any atom is -0.459 e. The molecular weight excluding hydrogens is 287 g/mol. The summed E-state index contributed by atoms with van der Waals surface area (Å²) in [5, 5.41) is 3.82. The second kappa shape index (κ2) is 5.97. The molecule has 4 nitrogen and oxygen atoms in total. The Morgan fingerprint density at radius 2 is 1.84 bits per heavy atom. The Bertz CT molecular complexity index is 496. The fourth-order valence-electron chi connectivity index (χ4n) is 1.46. The predicted molar refractivity (Wildman–Crippen MR) is 78.1 cm³/mol. The van der Waals surface area contributed by atoms with E-state index in [0.717, 1.165) is 5.56 Å². The molecule has 0 spiro atoms. The standard InChI is InChI=1S/C13H18Cl2N2O2/c1-7-10(14)8(2)17-12(11(7)15)16-6-9(18)19-13(3,4)5/h6H2,1-5H3,(H,16,17). The van der Waals surface area contributed by atoms with Crippen LogP contribution in [0.3, 0.4) is 0 Å². The Hall–Kier alpha value is -1.000. The number of hydrogen-bond donors (Lipinski definition) is 1. The van der Waals surface area contributed by atoms with E-state index in [0.29, 0.717) is 21.6 Å². The molecule has 0 bridgehead atoms. The van der Waals surface area contributed by atoms with Gasteiger partial charge >= 0.3 is 5.97 Å². The van der Waals surface area contributed by atoms with E-state index in [1.807, 2.05) is 20.8 Å². The van der Waals surface area contributed by atoms with Crippen molar-refractivity contribution in [3.05, 3.63) is 21.3 Å². The molecule has 0 aliphatic heterocycles. The molecule has 0 aromatic carbocycles. The summed E-state index contributed by atoms with van der Waals surface area (Å²) < 4.78 is 5.19. The molecule has 0 aliphatic carbocycles. The number of aryl methyl sites for hydroxylation is 1. The van der Waals surface area contributed by atoms with Gasteiger partial charge in [0.05, 0.1) is 15.7 Å². The number of aromatic nitrogens is 1. The average molecular weight is 305 g/mol. The van der Waals surface area contributed by atoms with Gasteiger partial charge in [0.15, 0.2) is 0 Å². The lowest BCUT2D eigenvalue weighted by Crippen LogP contribution is -2.28. The quantitative estimate of drug-likeness (QED) is 0.864. The first kappa shape index (κ1) is 16.1. The maximum atomic E-state index is 11.6. The Morgan fingerprint density at radius 1 is 1.26 bits per heavy atom. The van der Waals surface area contributed by atoms with Gasteiger partial charge in [-0.2, -0.15) is 0 Å². The monoisotopic (exact) mass is 304 g/mol. The minimum absolute atomic E-state index is 0.00447. The fourth-order valence-corrected chi connectivity index (χ4v) is 1.85. The predicted octanol–water partition coefficient (Wildman–Crippen LogP) is 3.76. The smallest absolute Gasteiger partial charge is 0.325 e. The Labute approximate surface area is 123 Å². The van der Waals surface area contributed by atoms with Crippen LogP contribution >= 0.6 is 23.2 Å². The lowest BCUT2D eigenvalue weighted by atomic mass is 10.2. The molecular formula is C13H18Cl2N2O2. The van der Waals surface area contributed by atoms with E-state index in [-0.39, 0.29) is 12.5 Å². The van der Waals surface area contributed by atoms with Crippen molar-refractivity contribution in [3.8, 4) is 0 Å². The van der Waals surface area contributed by atoms with Gasteiger partial charge in [-0.15, -0.1) is 0 Å². The fraction of sp³-hybridized carbons (Fsp3) is 0.538. The topological polar surface area (TPSA) is 51.2 Å². The maximum Gasteiger partial charge on any atom is 0.325 e. The van der Waals surface area contributed by atoms with Crippen LogP contribution in [0.25, 0.3) is 0 Å². The molecule has 1 aromatic rings. The summed E-state index contributed by atoms with van der Waals surface area (Å²) in [6, 6.07) is 0. The van der Waals surface area contributed by atoms with Crippen LogP contribution in [-0.2, 0) is 9.53 Å². The zero-order chi connectivity index (χ0) is 14.8. The molecule has 0 radical (unpaired) electrons. The molecule has 1 rings (SSSR count). The third-order valence-corrected chi connectivity index (χ3v) is 3.30. The van der Waals surface area contributed by atoms with Crippen LogP contribution in [0.15, 0.2) is 0 Å². The van der Waals surface area contributed by atoms with Crippen LogP contribution in [0.1, 0.15) is 32.0 Å². The first-order valence-corrected chi connectivity index (χ1v) is 6.65. The molecule has 0 amide bonds. The number of rotatable bonds is 3. The number of pyridine rings is 1. The first-order chi connectivity index (χ1) is 8.61. The highest BCUT2D eigenvalue weighted by Crippen LogP contribution is 2.31. The van der Waals surface area contributed by atoms with Crippen molar-refractivity contribution in [3.63, 3.8) is 0 Å². The average Bonchev–Trinajstić information content (AvgIpc) is 2.27. The second-order valence-electron chi connectivity index (χ2n) is 5.24. The van der Waals surface area contributed by atoms with Crippen molar-refractivity contribution in [1.82, 2.24) is 4.98 Å². The van der Waals surface area contributed by atoms with E-state index in [9.17, 15) is 4.79 Å². The number of anilines is 1. The third kappa shape index (κ3) is 4.55. The lowest BCUT2D eigenvalue weighted by Gasteiger charge is -2.20. The first-order valence-electron chi connectivity index (χ1n) is 5.89. The van der Waals surface area contributed by atoms with Crippen LogP contribution in [0, 0.1) is 13.8 Å². The summed E-state index contributed by atoms with van der Waals surface area (Å²) in [6.45, 7) is 9.03. The number of hydrogen-bond acceptors (Lipinski definition) is 4. The summed E-state index contributed by atoms with van der Waals surface area (Å²) in [6.07, 6.45) is 0. The summed E-state index contributed by atoms with van der Waals surface area (Å²) in [5.41, 5.74) is 0.889. The van der Waals surface area contributed by atoms with Crippen molar-refractivity contribution in [2.24, 2.45) is 0 Å². The normalized spacial score (nSPS) is 11.3. The van der Waals surface area contributed by atoms with E-state index in [1.165, 1.54) is 0 Å². The van der Waals surface area contributed by atoms with Crippen molar-refractivity contribution in [2.75, 3.05) is 11.9 Å². The van der Waals surface area contributed by atoms with Crippen LogP contribution in [0.2, 0.25) is 10.0 Å². The van der Waals surface area contributed by atoms with Crippen LogP contribution in [0.5, 0.6) is 0 Å². The summed E-state index contributed by atoms with van der Waals surface area (Å²) in [4.78, 5) is 15.8. The molecule has 0 aliphatic rings. The van der Waals surface area contributed by atoms with Crippen molar-refractivity contribution >= 4 is 35.0 Å². The van der Waals surface area contributed by atoms with E-state index >= 15 is 0 Å². The van der Waals surface area contributed by atoms with Gasteiger partial charge in [0.1, 0.15) is 18.0 Å². The highest BCUT2D eigenvalue weighted by molar-refractivity contribution is 6.37. The Morgan fingerprint density at radius 3 is 2.37 bits per heavy atom. The van der Waals surface area contributed by atoms with Crippen molar-refractivity contribution in [2.45, 2.75) is 40.2 Å². The molecule has 0 saturated carbocycles. The molecule has 1 aromatic heterocycles. The van der Waals surface area contributed by atoms with Crippen molar-refractivity contribution in [1.29, 1.82) is 0 Å². The molecule has 19 heavy (non-hydrogen) atoms. The SMILES string of the molecule is Cc1nc(NCC(=O)OC(C)(C)C)c(Cl)c(C)c1Cl. The van der Waals surface area contributed by atoms with Gasteiger partial charge < -0.3 is 10.1 Å². The summed E-state index contributed by atoms with van der Waals surface area (Å²) in [7, 11) is 0. The van der Waals surface area contributed by atoms with Crippen molar-refractivity contribution < 1.29 is 9.53 Å². The molecule has 0 atom stereocenters. The van der Waals surface area contributed by atoms with Gasteiger partial charge in [0, 0.05) is 0 Å². The Balaban J connectivity index is 2.77. The zero-order valence-electron chi connectivity index (χ0n) is 11.7. The van der Waals surface area contributed by atoms with Gasteiger partial charge in [0.25, 0.3) is 0 Å². The zero-order valence-corrected chi connectivity index (χ0v) is 13.2. The lowest BCUT2D eigenvalue weighted by molar-refractivity contribution is -0.152. The van der Waals surface area contributed by atoms with Crippen LogP contribution in [-0.4, -0.2) is 23.1 Å². The van der Waals surface area contributed by atoms with Gasteiger partial charge in [-0.1, -0.05) is 23.2 Å². The van der Waals surface area contributed by atoms with E-state index in [1.54, 1.807) is 13.8 Å². The maximum absolute atomic E-state index is 11.6. The van der Waals surface area contributed by atoms with E-state index < -0.39 is 5.60 Å². The largest absolute Gasteiger partial charge is 0.459 e. The summed E-state index contributed by atoms with van der Waals surface area (Å²) in [5.74, 6) is 0.0718. The van der Waals surface area contributed by atoms with Gasteiger partial charge in [-0.05, 0) is 40.2 Å². The molecule has 0 fully saturated rings. The highest BCUT2D eigenvalue weighted by atomic mass is 35.5. The number of ether oxygens (including phenoxy) is 1. The molecule has 0 unspecified atom stereocenters. The van der Waals surface area contributed by atoms with Gasteiger partial charge in [-0.3, -0.25) is 4.79 Å². The van der Waals surface area contributed by atoms with E-state index in [2.05, 4.69) is 10.3 Å². The van der Waals surface area contributed by atoms with Gasteiger partial charge in [0.2, 0.25) is 0 Å². The third-order valence-electron chi connectivity index (χ3n) is 2.28.